The normalized spacial score (nSPS) is 11.8. The van der Waals surface area contributed by atoms with Gasteiger partial charge in [0.05, 0.1) is 0 Å². The van der Waals surface area contributed by atoms with Crippen molar-refractivity contribution in [1.82, 2.24) is 0 Å². The highest BCUT2D eigenvalue weighted by atomic mass is 16.3. The molecule has 0 fully saturated rings. The summed E-state index contributed by atoms with van der Waals surface area (Å²) in [6.07, 6.45) is 1.86. The standard InChI is InChI=1S/C69H50O2/c1-44(2)47-24-26-50(27-25-47)52-32-34-54(35-33-52)59-14-8-15-62-63-16-9-17-64(69(63)71-68(59)62)65-41-46(40-57-12-6-7-13-58(57)65)19-18-45-20-22-49(23-21-45)51-28-30-53(31-29-51)56-37-39-61-60-38-36-55(48-10-4-3-5-11-48)42-66(60)70-67(61)43-56/h3-17,20-44H,18-19H2,1-2H3. The van der Waals surface area contributed by atoms with Gasteiger partial charge in [0.15, 0.2) is 0 Å². The van der Waals surface area contributed by atoms with Crippen molar-refractivity contribution in [2.75, 3.05) is 0 Å². The van der Waals surface area contributed by atoms with Gasteiger partial charge in [0.25, 0.3) is 0 Å². The lowest BCUT2D eigenvalue weighted by Crippen LogP contribution is -1.94. The van der Waals surface area contributed by atoms with Crippen molar-refractivity contribution >= 4 is 54.6 Å². The van der Waals surface area contributed by atoms with E-state index < -0.39 is 0 Å². The molecule has 13 rings (SSSR count). The number of furan rings is 2. The van der Waals surface area contributed by atoms with Gasteiger partial charge in [-0.2, -0.15) is 0 Å². The Labute approximate surface area is 414 Å². The van der Waals surface area contributed by atoms with Gasteiger partial charge in [0.1, 0.15) is 22.3 Å². The number of aryl methyl sites for hydroxylation is 2. The van der Waals surface area contributed by atoms with E-state index in [1.165, 1.54) is 66.4 Å². The Hall–Kier alpha value is -8.72. The van der Waals surface area contributed by atoms with Gasteiger partial charge in [-0.1, -0.05) is 226 Å². The first kappa shape index (κ1) is 42.4. The third kappa shape index (κ3) is 7.88. The van der Waals surface area contributed by atoms with Crippen LogP contribution in [0.15, 0.2) is 245 Å². The molecule has 0 amide bonds. The molecule has 0 bridgehead atoms. The van der Waals surface area contributed by atoms with Crippen LogP contribution in [0.5, 0.6) is 0 Å². The van der Waals surface area contributed by atoms with Crippen molar-refractivity contribution in [2.45, 2.75) is 32.6 Å². The first-order chi connectivity index (χ1) is 35.0. The van der Waals surface area contributed by atoms with Crippen LogP contribution in [0.3, 0.4) is 0 Å². The minimum Gasteiger partial charge on any atom is -0.456 e. The predicted octanol–water partition coefficient (Wildman–Crippen LogP) is 19.5. The molecule has 13 aromatic rings. The van der Waals surface area contributed by atoms with Crippen molar-refractivity contribution in [3.8, 4) is 66.8 Å². The van der Waals surface area contributed by atoms with Crippen LogP contribution < -0.4 is 0 Å². The number of hydrogen-bond acceptors (Lipinski definition) is 2. The lowest BCUT2D eigenvalue weighted by atomic mass is 9.92. The summed E-state index contributed by atoms with van der Waals surface area (Å²) in [4.78, 5) is 0. The largest absolute Gasteiger partial charge is 0.456 e. The highest BCUT2D eigenvalue weighted by Gasteiger charge is 2.18. The average Bonchev–Trinajstić information content (AvgIpc) is 4.01. The SMILES string of the molecule is CC(C)c1ccc(-c2ccc(-c3cccc4c3oc3c(-c5cc(CCc6ccc(-c7ccc(-c8ccc9c(c8)oc8cc(-c%10ccccc%10)ccc89)cc7)cc6)cc6ccccc56)cccc34)cc2)cc1. The zero-order valence-corrected chi connectivity index (χ0v) is 39.8. The maximum Gasteiger partial charge on any atom is 0.143 e. The Morgan fingerprint density at radius 1 is 0.296 bits per heavy atom. The summed E-state index contributed by atoms with van der Waals surface area (Å²) in [6, 6.07) is 86.0. The Kier molecular flexibility index (Phi) is 10.5. The van der Waals surface area contributed by atoms with Gasteiger partial charge < -0.3 is 8.83 Å². The maximum atomic E-state index is 7.01. The maximum absolute atomic E-state index is 7.01. The molecule has 71 heavy (non-hydrogen) atoms. The second-order valence-electron chi connectivity index (χ2n) is 19.3. The summed E-state index contributed by atoms with van der Waals surface area (Å²) < 4.78 is 13.4. The first-order valence-electron chi connectivity index (χ1n) is 24.9. The Balaban J connectivity index is 0.740. The average molecular weight is 911 g/mol. The van der Waals surface area contributed by atoms with Gasteiger partial charge in [-0.25, -0.2) is 0 Å². The van der Waals surface area contributed by atoms with Crippen LogP contribution >= 0.6 is 0 Å². The number of hydrogen-bond donors (Lipinski definition) is 0. The number of para-hydroxylation sites is 2. The molecule has 0 spiro atoms. The molecule has 0 saturated heterocycles. The number of benzene rings is 11. The topological polar surface area (TPSA) is 26.3 Å². The minimum atomic E-state index is 0.515. The van der Waals surface area contributed by atoms with E-state index in [9.17, 15) is 0 Å². The van der Waals surface area contributed by atoms with E-state index in [0.29, 0.717) is 5.92 Å². The summed E-state index contributed by atoms with van der Waals surface area (Å²) in [5.41, 5.74) is 21.7. The zero-order chi connectivity index (χ0) is 47.4. The molecule has 0 radical (unpaired) electrons. The van der Waals surface area contributed by atoms with Crippen molar-refractivity contribution in [3.05, 3.63) is 253 Å². The van der Waals surface area contributed by atoms with E-state index >= 15 is 0 Å². The summed E-state index contributed by atoms with van der Waals surface area (Å²) in [6.45, 7) is 4.47. The molecule has 2 heterocycles. The quantitative estimate of drug-likeness (QED) is 0.137. The lowest BCUT2D eigenvalue weighted by Gasteiger charge is -2.12. The summed E-state index contributed by atoms with van der Waals surface area (Å²) >= 11 is 0. The highest BCUT2D eigenvalue weighted by Crippen LogP contribution is 2.43. The molecule has 0 aliphatic rings. The van der Waals surface area contributed by atoms with Gasteiger partial charge in [0, 0.05) is 32.7 Å². The molecular formula is C69H50O2. The second-order valence-corrected chi connectivity index (χ2v) is 19.3. The molecule has 2 nitrogen and oxygen atoms in total. The number of rotatable bonds is 10. The van der Waals surface area contributed by atoms with Gasteiger partial charge in [-0.3, -0.25) is 0 Å². The summed E-state index contributed by atoms with van der Waals surface area (Å²) in [7, 11) is 0. The first-order valence-corrected chi connectivity index (χ1v) is 24.9. The Morgan fingerprint density at radius 3 is 1.38 bits per heavy atom. The smallest absolute Gasteiger partial charge is 0.143 e. The molecule has 0 aliphatic carbocycles. The van der Waals surface area contributed by atoms with E-state index in [4.69, 9.17) is 8.83 Å². The predicted molar refractivity (Wildman–Crippen MR) is 299 cm³/mol. The van der Waals surface area contributed by atoms with Crippen LogP contribution in [0.4, 0.5) is 0 Å². The van der Waals surface area contributed by atoms with E-state index in [-0.39, 0.29) is 0 Å². The molecule has 0 N–H and O–H groups in total. The van der Waals surface area contributed by atoms with Crippen LogP contribution in [0.1, 0.15) is 36.5 Å². The molecule has 338 valence electrons. The van der Waals surface area contributed by atoms with Crippen molar-refractivity contribution in [3.63, 3.8) is 0 Å². The summed E-state index contributed by atoms with van der Waals surface area (Å²) in [5.74, 6) is 0.515. The number of fused-ring (bicyclic) bond motifs is 7. The van der Waals surface area contributed by atoms with Gasteiger partial charge in [-0.05, 0) is 126 Å². The van der Waals surface area contributed by atoms with Crippen LogP contribution in [-0.2, 0) is 12.8 Å². The lowest BCUT2D eigenvalue weighted by molar-refractivity contribution is 0.669. The van der Waals surface area contributed by atoms with Gasteiger partial charge in [0.2, 0.25) is 0 Å². The van der Waals surface area contributed by atoms with Crippen LogP contribution in [0.25, 0.3) is 121 Å². The molecule has 2 heteroatoms. The van der Waals surface area contributed by atoms with Crippen molar-refractivity contribution < 1.29 is 8.83 Å². The van der Waals surface area contributed by atoms with E-state index in [2.05, 4.69) is 244 Å². The highest BCUT2D eigenvalue weighted by molar-refractivity contribution is 6.15. The second kappa shape index (κ2) is 17.7. The molecule has 2 aromatic heterocycles. The van der Waals surface area contributed by atoms with Gasteiger partial charge in [-0.15, -0.1) is 0 Å². The fourth-order valence-electron chi connectivity index (χ4n) is 10.7. The summed E-state index contributed by atoms with van der Waals surface area (Å²) in [5, 5.41) is 7.00. The fraction of sp³-hybridized carbons (Fsp3) is 0.0725. The van der Waals surface area contributed by atoms with Gasteiger partial charge >= 0.3 is 0 Å². The third-order valence-electron chi connectivity index (χ3n) is 14.6. The Bertz CT molecular complexity index is 4080. The fourth-order valence-corrected chi connectivity index (χ4v) is 10.7. The van der Waals surface area contributed by atoms with Crippen molar-refractivity contribution in [1.29, 1.82) is 0 Å². The van der Waals surface area contributed by atoms with Crippen LogP contribution in [-0.4, -0.2) is 0 Å². The van der Waals surface area contributed by atoms with E-state index in [1.807, 2.05) is 6.07 Å². The molecule has 0 saturated carbocycles. The third-order valence-corrected chi connectivity index (χ3v) is 14.6. The minimum absolute atomic E-state index is 0.515. The molecule has 0 unspecified atom stereocenters. The molecular weight excluding hydrogens is 861 g/mol. The monoisotopic (exact) mass is 910 g/mol. The zero-order valence-electron chi connectivity index (χ0n) is 39.8. The van der Waals surface area contributed by atoms with E-state index in [1.54, 1.807) is 0 Å². The van der Waals surface area contributed by atoms with Crippen molar-refractivity contribution in [2.24, 2.45) is 0 Å². The Morgan fingerprint density at radius 2 is 0.761 bits per heavy atom. The van der Waals surface area contributed by atoms with Crippen LogP contribution in [0.2, 0.25) is 0 Å². The van der Waals surface area contributed by atoms with E-state index in [0.717, 1.165) is 84.5 Å². The molecule has 0 aliphatic heterocycles. The van der Waals surface area contributed by atoms with Crippen LogP contribution in [0, 0.1) is 0 Å². The molecule has 11 aromatic carbocycles. The molecule has 0 atom stereocenters.